The van der Waals surface area contributed by atoms with E-state index in [1.54, 1.807) is 0 Å². The molecule has 3 aliphatic rings. The van der Waals surface area contributed by atoms with Crippen LogP contribution in [0.2, 0.25) is 0 Å². The third-order valence-corrected chi connectivity index (χ3v) is 8.00. The molecule has 1 saturated carbocycles. The topological polar surface area (TPSA) is 58.1 Å². The molecule has 0 spiro atoms. The third kappa shape index (κ3) is 7.12. The van der Waals surface area contributed by atoms with Gasteiger partial charge in [0.2, 0.25) is 0 Å². The van der Waals surface area contributed by atoms with E-state index in [1.807, 2.05) is 7.11 Å². The normalized spacial score (nSPS) is 27.6. The number of hydrogen-bond donors (Lipinski definition) is 2. The Balaban J connectivity index is 0.00000300. The molecule has 3 rings (SSSR count). The Labute approximate surface area is 198 Å². The van der Waals surface area contributed by atoms with Gasteiger partial charge in [-0.05, 0) is 43.8 Å². The first kappa shape index (κ1) is 25.5. The van der Waals surface area contributed by atoms with Crippen LogP contribution in [0.5, 0.6) is 0 Å². The molecule has 1 aliphatic carbocycles. The smallest absolute Gasteiger partial charge is 0.191 e. The highest BCUT2D eigenvalue weighted by molar-refractivity contribution is 14.0. The lowest BCUT2D eigenvalue weighted by Gasteiger charge is -2.43. The van der Waals surface area contributed by atoms with E-state index in [9.17, 15) is 0 Å². The van der Waals surface area contributed by atoms with Crippen molar-refractivity contribution in [3.05, 3.63) is 0 Å². The highest BCUT2D eigenvalue weighted by Crippen LogP contribution is 2.41. The molecule has 2 aliphatic heterocycles. The Bertz CT molecular complexity index is 491. The number of nitrogens with one attached hydrogen (secondary N) is 2. The predicted octanol–water partition coefficient (Wildman–Crippen LogP) is 2.96. The lowest BCUT2D eigenvalue weighted by molar-refractivity contribution is -0.0120. The number of ether oxygens (including phenoxy) is 2. The highest BCUT2D eigenvalue weighted by Gasteiger charge is 2.41. The average molecular weight is 541 g/mol. The first-order valence-electron chi connectivity index (χ1n) is 11.1. The van der Waals surface area contributed by atoms with Gasteiger partial charge in [0.05, 0.1) is 13.2 Å². The molecule has 3 fully saturated rings. The second-order valence-corrected chi connectivity index (χ2v) is 9.73. The Morgan fingerprint density at radius 1 is 1.17 bits per heavy atom. The van der Waals surface area contributed by atoms with Crippen LogP contribution in [0.3, 0.4) is 0 Å². The summed E-state index contributed by atoms with van der Waals surface area (Å²) in [5.74, 6) is 3.44. The number of aliphatic imine (C=N–C) groups is 1. The summed E-state index contributed by atoms with van der Waals surface area (Å²) < 4.78 is 11.0. The maximum absolute atomic E-state index is 5.59. The zero-order chi connectivity index (χ0) is 19.7. The van der Waals surface area contributed by atoms with Crippen LogP contribution in [0.15, 0.2) is 4.99 Å². The van der Waals surface area contributed by atoms with Gasteiger partial charge in [-0.2, -0.15) is 11.8 Å². The Morgan fingerprint density at radius 2 is 1.93 bits per heavy atom. The molecule has 170 valence electrons. The van der Waals surface area contributed by atoms with Gasteiger partial charge in [-0.1, -0.05) is 12.8 Å². The molecule has 2 heterocycles. The Kier molecular flexibility index (Phi) is 11.4. The van der Waals surface area contributed by atoms with E-state index in [-0.39, 0.29) is 29.5 Å². The molecular formula is C21H41IN4O2S. The van der Waals surface area contributed by atoms with Crippen LogP contribution >= 0.6 is 35.7 Å². The fraction of sp³-hybridized carbons (Fsp3) is 0.952. The van der Waals surface area contributed by atoms with Crippen LogP contribution in [-0.4, -0.2) is 87.6 Å². The minimum atomic E-state index is 0. The van der Waals surface area contributed by atoms with Gasteiger partial charge in [0, 0.05) is 57.7 Å². The SMILES string of the molecule is CCNC(=NCC1(CCOC)CCCC1)NCC1(N2CCOCC2)CCSC1.I. The lowest BCUT2D eigenvalue weighted by Crippen LogP contribution is -2.60. The maximum Gasteiger partial charge on any atom is 0.191 e. The van der Waals surface area contributed by atoms with E-state index in [0.29, 0.717) is 5.41 Å². The summed E-state index contributed by atoms with van der Waals surface area (Å²) in [5, 5.41) is 7.19. The van der Waals surface area contributed by atoms with Gasteiger partial charge in [-0.25, -0.2) is 0 Å². The molecule has 0 aromatic heterocycles. The van der Waals surface area contributed by atoms with Gasteiger partial charge in [0.1, 0.15) is 0 Å². The summed E-state index contributed by atoms with van der Waals surface area (Å²) in [6.45, 7) is 9.60. The standard InChI is InChI=1S/C21H40N4O2S.HI/c1-3-22-19(23-16-20(8-12-26-2)6-4-5-7-20)24-17-21(9-15-28-18-21)25-10-13-27-14-11-25;/h3-18H2,1-2H3,(H2,22,23,24);1H. The van der Waals surface area contributed by atoms with Gasteiger partial charge >= 0.3 is 0 Å². The van der Waals surface area contributed by atoms with E-state index < -0.39 is 0 Å². The number of methoxy groups -OCH3 is 1. The van der Waals surface area contributed by atoms with E-state index in [1.165, 1.54) is 43.6 Å². The molecule has 1 unspecified atom stereocenters. The van der Waals surface area contributed by atoms with Crippen molar-refractivity contribution in [3.63, 3.8) is 0 Å². The molecule has 2 N–H and O–H groups in total. The quantitative estimate of drug-likeness (QED) is 0.267. The molecule has 29 heavy (non-hydrogen) atoms. The summed E-state index contributed by atoms with van der Waals surface area (Å²) >= 11 is 2.09. The molecule has 0 bridgehead atoms. The number of nitrogens with zero attached hydrogens (tertiary/aromatic N) is 2. The van der Waals surface area contributed by atoms with E-state index in [4.69, 9.17) is 14.5 Å². The molecule has 0 aromatic rings. The monoisotopic (exact) mass is 540 g/mol. The number of thioether (sulfide) groups is 1. The van der Waals surface area contributed by atoms with Crippen LogP contribution in [0.1, 0.15) is 45.4 Å². The van der Waals surface area contributed by atoms with E-state index in [0.717, 1.165) is 64.9 Å². The predicted molar refractivity (Wildman–Crippen MR) is 134 cm³/mol. The van der Waals surface area contributed by atoms with Crippen molar-refractivity contribution in [2.45, 2.75) is 51.0 Å². The van der Waals surface area contributed by atoms with Crippen molar-refractivity contribution in [2.75, 3.05) is 71.2 Å². The van der Waals surface area contributed by atoms with Crippen molar-refractivity contribution in [1.82, 2.24) is 15.5 Å². The van der Waals surface area contributed by atoms with Crippen LogP contribution in [0.4, 0.5) is 0 Å². The van der Waals surface area contributed by atoms with Gasteiger partial charge in [0.25, 0.3) is 0 Å². The largest absolute Gasteiger partial charge is 0.385 e. The molecule has 0 aromatic carbocycles. The number of morpholine rings is 1. The van der Waals surface area contributed by atoms with E-state index in [2.05, 4.69) is 34.2 Å². The number of hydrogen-bond acceptors (Lipinski definition) is 5. The fourth-order valence-corrected chi connectivity index (χ4v) is 6.38. The zero-order valence-electron chi connectivity index (χ0n) is 18.3. The van der Waals surface area contributed by atoms with Gasteiger partial charge in [-0.3, -0.25) is 9.89 Å². The molecule has 0 amide bonds. The van der Waals surface area contributed by atoms with Gasteiger partial charge in [0.15, 0.2) is 5.96 Å². The van der Waals surface area contributed by atoms with Crippen molar-refractivity contribution < 1.29 is 9.47 Å². The summed E-state index contributed by atoms with van der Waals surface area (Å²) in [7, 11) is 1.81. The first-order chi connectivity index (χ1) is 13.7. The number of guanidine groups is 1. The second kappa shape index (κ2) is 12.9. The summed E-state index contributed by atoms with van der Waals surface area (Å²) in [6.07, 6.45) is 7.62. The molecule has 8 heteroatoms. The molecule has 2 saturated heterocycles. The summed E-state index contributed by atoms with van der Waals surface area (Å²) in [5.41, 5.74) is 0.579. The Hall–Kier alpha value is 0.230. The molecule has 0 radical (unpaired) electrons. The minimum absolute atomic E-state index is 0. The third-order valence-electron chi connectivity index (χ3n) is 6.77. The van der Waals surface area contributed by atoms with Crippen molar-refractivity contribution in [1.29, 1.82) is 0 Å². The van der Waals surface area contributed by atoms with Crippen LogP contribution < -0.4 is 10.6 Å². The van der Waals surface area contributed by atoms with Gasteiger partial charge in [-0.15, -0.1) is 24.0 Å². The first-order valence-corrected chi connectivity index (χ1v) is 12.3. The maximum atomic E-state index is 5.59. The zero-order valence-corrected chi connectivity index (χ0v) is 21.5. The molecule has 1 atom stereocenters. The second-order valence-electron chi connectivity index (χ2n) is 8.62. The summed E-state index contributed by atoms with van der Waals surface area (Å²) in [6, 6.07) is 0. The van der Waals surface area contributed by atoms with Crippen molar-refractivity contribution >= 4 is 41.7 Å². The average Bonchev–Trinajstić information content (AvgIpc) is 3.40. The lowest BCUT2D eigenvalue weighted by atomic mass is 9.83. The molecule has 6 nitrogen and oxygen atoms in total. The Morgan fingerprint density at radius 3 is 2.55 bits per heavy atom. The van der Waals surface area contributed by atoms with Gasteiger partial charge < -0.3 is 20.1 Å². The van der Waals surface area contributed by atoms with Crippen LogP contribution in [0.25, 0.3) is 0 Å². The van der Waals surface area contributed by atoms with Crippen molar-refractivity contribution in [3.8, 4) is 0 Å². The van der Waals surface area contributed by atoms with Crippen LogP contribution in [-0.2, 0) is 9.47 Å². The fourth-order valence-electron chi connectivity index (χ4n) is 4.90. The number of halogens is 1. The van der Waals surface area contributed by atoms with E-state index >= 15 is 0 Å². The molecular weight excluding hydrogens is 499 g/mol. The summed E-state index contributed by atoms with van der Waals surface area (Å²) in [4.78, 5) is 7.70. The highest BCUT2D eigenvalue weighted by atomic mass is 127. The van der Waals surface area contributed by atoms with Crippen LogP contribution in [0, 0.1) is 5.41 Å². The number of rotatable bonds is 9. The minimum Gasteiger partial charge on any atom is -0.385 e. The van der Waals surface area contributed by atoms with Crippen molar-refractivity contribution in [2.24, 2.45) is 10.4 Å².